The predicted octanol–water partition coefficient (Wildman–Crippen LogP) is 2.39. The molecule has 2 aliphatic rings. The molecule has 0 saturated heterocycles. The predicted molar refractivity (Wildman–Crippen MR) is 60.5 cm³/mol. The Bertz CT molecular complexity index is 343. The maximum absolute atomic E-state index is 11.0. The molecule has 2 rings (SSSR count). The first-order valence-corrected chi connectivity index (χ1v) is 5.93. The van der Waals surface area contributed by atoms with Gasteiger partial charge in [-0.15, -0.1) is 0 Å². The summed E-state index contributed by atoms with van der Waals surface area (Å²) in [7, 11) is 0. The van der Waals surface area contributed by atoms with E-state index in [4.69, 9.17) is 4.74 Å². The maximum atomic E-state index is 11.0. The van der Waals surface area contributed by atoms with Crippen molar-refractivity contribution >= 4 is 5.97 Å². The number of hydrogen-bond donors (Lipinski definition) is 1. The normalized spacial score (nSPS) is 36.5. The lowest BCUT2D eigenvalue weighted by Gasteiger charge is -2.34. The first-order chi connectivity index (χ1) is 7.32. The highest BCUT2D eigenvalue weighted by molar-refractivity contribution is 5.67. The minimum absolute atomic E-state index is 0.000139. The van der Waals surface area contributed by atoms with Gasteiger partial charge < -0.3 is 9.84 Å². The molecule has 2 atom stereocenters. The number of aliphatic hydroxyl groups is 1. The fourth-order valence-corrected chi connectivity index (χ4v) is 3.28. The number of esters is 1. The number of carbonyl (C=O) groups excluding carboxylic acids is 1. The Hall–Kier alpha value is -0.830. The van der Waals surface area contributed by atoms with E-state index in [0.717, 1.165) is 25.7 Å². The van der Waals surface area contributed by atoms with Crippen molar-refractivity contribution < 1.29 is 14.6 Å². The van der Waals surface area contributed by atoms with Crippen molar-refractivity contribution in [3.05, 3.63) is 11.8 Å². The van der Waals surface area contributed by atoms with E-state index >= 15 is 0 Å². The molecule has 1 fully saturated rings. The quantitative estimate of drug-likeness (QED) is 0.696. The molecule has 16 heavy (non-hydrogen) atoms. The zero-order valence-corrected chi connectivity index (χ0v) is 10.2. The van der Waals surface area contributed by atoms with Crippen molar-refractivity contribution in [1.82, 2.24) is 0 Å². The molecule has 0 amide bonds. The van der Waals surface area contributed by atoms with Crippen LogP contribution in [0.2, 0.25) is 0 Å². The Morgan fingerprint density at radius 3 is 2.88 bits per heavy atom. The van der Waals surface area contributed by atoms with E-state index < -0.39 is 5.60 Å². The minimum atomic E-state index is -0.664. The van der Waals surface area contributed by atoms with E-state index in [-0.39, 0.29) is 17.3 Å². The standard InChI is InChI=1S/C13H20O3/c1-9(14)16-11-5-4-6-13(15)8-12(2,3)7-10(11)13/h5,10,15H,4,6-8H2,1-3H3/t10-,13+/m0/s1. The molecule has 0 aromatic carbocycles. The molecule has 0 spiro atoms. The van der Waals surface area contributed by atoms with Crippen molar-refractivity contribution in [3.8, 4) is 0 Å². The number of rotatable bonds is 1. The second-order valence-corrected chi connectivity index (χ2v) is 5.94. The fourth-order valence-electron chi connectivity index (χ4n) is 3.28. The highest BCUT2D eigenvalue weighted by atomic mass is 16.5. The fraction of sp³-hybridized carbons (Fsp3) is 0.769. The number of hydrogen-bond acceptors (Lipinski definition) is 3. The van der Waals surface area contributed by atoms with Gasteiger partial charge in [-0.2, -0.15) is 0 Å². The monoisotopic (exact) mass is 224 g/mol. The summed E-state index contributed by atoms with van der Waals surface area (Å²) < 4.78 is 5.23. The van der Waals surface area contributed by atoms with E-state index in [0.29, 0.717) is 5.76 Å². The van der Waals surface area contributed by atoms with Crippen LogP contribution in [0.15, 0.2) is 11.8 Å². The van der Waals surface area contributed by atoms with Gasteiger partial charge in [0, 0.05) is 12.8 Å². The molecule has 3 heteroatoms. The largest absolute Gasteiger partial charge is 0.431 e. The number of allylic oxidation sites excluding steroid dienone is 1. The first kappa shape index (κ1) is 11.6. The first-order valence-electron chi connectivity index (χ1n) is 5.93. The second-order valence-electron chi connectivity index (χ2n) is 5.94. The van der Waals surface area contributed by atoms with Gasteiger partial charge in [-0.3, -0.25) is 4.79 Å². The summed E-state index contributed by atoms with van der Waals surface area (Å²) in [5.41, 5.74) is -0.536. The average Bonchev–Trinajstić information content (AvgIpc) is 2.34. The molecule has 0 aromatic rings. The van der Waals surface area contributed by atoms with Gasteiger partial charge in [-0.1, -0.05) is 13.8 Å². The molecule has 0 unspecified atom stereocenters. The Morgan fingerprint density at radius 1 is 1.56 bits per heavy atom. The van der Waals surface area contributed by atoms with Gasteiger partial charge in [0.05, 0.1) is 5.60 Å². The van der Waals surface area contributed by atoms with Crippen LogP contribution < -0.4 is 0 Å². The van der Waals surface area contributed by atoms with E-state index in [9.17, 15) is 9.90 Å². The van der Waals surface area contributed by atoms with Gasteiger partial charge in [0.15, 0.2) is 0 Å². The highest BCUT2D eigenvalue weighted by Crippen LogP contribution is 2.54. The zero-order valence-electron chi connectivity index (χ0n) is 10.2. The van der Waals surface area contributed by atoms with E-state index in [1.54, 1.807) is 0 Å². The van der Waals surface area contributed by atoms with Crippen molar-refractivity contribution in [2.45, 2.75) is 52.1 Å². The third kappa shape index (κ3) is 2.01. The second kappa shape index (κ2) is 3.59. The van der Waals surface area contributed by atoms with E-state index in [2.05, 4.69) is 13.8 Å². The highest BCUT2D eigenvalue weighted by Gasteiger charge is 2.52. The molecule has 1 saturated carbocycles. The van der Waals surface area contributed by atoms with Crippen LogP contribution in [0, 0.1) is 11.3 Å². The van der Waals surface area contributed by atoms with Crippen molar-refractivity contribution in [2.75, 3.05) is 0 Å². The summed E-state index contributed by atoms with van der Waals surface area (Å²) in [5.74, 6) is 0.396. The molecule has 0 aliphatic heterocycles. The Kier molecular flexibility index (Phi) is 2.61. The van der Waals surface area contributed by atoms with Crippen LogP contribution in [0.4, 0.5) is 0 Å². The summed E-state index contributed by atoms with van der Waals surface area (Å²) in [6, 6.07) is 0. The molecule has 90 valence electrons. The lowest BCUT2D eigenvalue weighted by atomic mass is 9.81. The van der Waals surface area contributed by atoms with Crippen LogP contribution in [-0.2, 0) is 9.53 Å². The van der Waals surface area contributed by atoms with Crippen LogP contribution in [0.3, 0.4) is 0 Å². The Labute approximate surface area is 96.5 Å². The number of fused-ring (bicyclic) bond motifs is 1. The molecule has 0 bridgehead atoms. The van der Waals surface area contributed by atoms with Gasteiger partial charge in [0.1, 0.15) is 5.76 Å². The average molecular weight is 224 g/mol. The molecule has 0 radical (unpaired) electrons. The van der Waals surface area contributed by atoms with Gasteiger partial charge in [0.2, 0.25) is 0 Å². The van der Waals surface area contributed by atoms with E-state index in [1.165, 1.54) is 6.92 Å². The van der Waals surface area contributed by atoms with Gasteiger partial charge >= 0.3 is 5.97 Å². The van der Waals surface area contributed by atoms with E-state index in [1.807, 2.05) is 6.08 Å². The van der Waals surface area contributed by atoms with Crippen LogP contribution >= 0.6 is 0 Å². The number of carbonyl (C=O) groups is 1. The topological polar surface area (TPSA) is 46.5 Å². The molecule has 0 heterocycles. The van der Waals surface area contributed by atoms with Crippen molar-refractivity contribution in [2.24, 2.45) is 11.3 Å². The summed E-state index contributed by atoms with van der Waals surface area (Å²) in [6.07, 6.45) is 5.23. The van der Waals surface area contributed by atoms with Crippen LogP contribution in [0.5, 0.6) is 0 Å². The van der Waals surface area contributed by atoms with Gasteiger partial charge in [0.25, 0.3) is 0 Å². The smallest absolute Gasteiger partial charge is 0.307 e. The molecule has 3 nitrogen and oxygen atoms in total. The third-order valence-electron chi connectivity index (χ3n) is 3.72. The van der Waals surface area contributed by atoms with Crippen molar-refractivity contribution in [1.29, 1.82) is 0 Å². The Morgan fingerprint density at radius 2 is 2.25 bits per heavy atom. The van der Waals surface area contributed by atoms with Crippen LogP contribution in [-0.4, -0.2) is 16.7 Å². The van der Waals surface area contributed by atoms with Crippen LogP contribution in [0.1, 0.15) is 46.5 Å². The summed E-state index contributed by atoms with van der Waals surface area (Å²) in [5, 5.41) is 10.6. The molecule has 2 aliphatic carbocycles. The lowest BCUT2D eigenvalue weighted by Crippen LogP contribution is -2.37. The molecule has 1 N–H and O–H groups in total. The lowest BCUT2D eigenvalue weighted by molar-refractivity contribution is -0.139. The summed E-state index contributed by atoms with van der Waals surface area (Å²) >= 11 is 0. The zero-order chi connectivity index (χ0) is 12.0. The SMILES string of the molecule is CC(=O)OC1=CCC[C@@]2(O)CC(C)(C)C[C@@H]12. The summed E-state index contributed by atoms with van der Waals surface area (Å²) in [6.45, 7) is 5.73. The number of ether oxygens (including phenoxy) is 1. The molecule has 0 aromatic heterocycles. The maximum Gasteiger partial charge on any atom is 0.307 e. The van der Waals surface area contributed by atoms with Crippen molar-refractivity contribution in [3.63, 3.8) is 0 Å². The minimum Gasteiger partial charge on any atom is -0.431 e. The molecular formula is C13H20O3. The Balaban J connectivity index is 2.24. The van der Waals surface area contributed by atoms with Crippen LogP contribution in [0.25, 0.3) is 0 Å². The third-order valence-corrected chi connectivity index (χ3v) is 3.72. The van der Waals surface area contributed by atoms with Gasteiger partial charge in [-0.25, -0.2) is 0 Å². The molecular weight excluding hydrogens is 204 g/mol. The van der Waals surface area contributed by atoms with Gasteiger partial charge in [-0.05, 0) is 37.2 Å². The summed E-state index contributed by atoms with van der Waals surface area (Å²) in [4.78, 5) is 11.0.